The summed E-state index contributed by atoms with van der Waals surface area (Å²) in [5, 5.41) is 12.1. The lowest BCUT2D eigenvalue weighted by molar-refractivity contribution is -0.148. The Morgan fingerprint density at radius 3 is 2.26 bits per heavy atom. The van der Waals surface area contributed by atoms with E-state index in [9.17, 15) is 14.7 Å². The van der Waals surface area contributed by atoms with E-state index in [4.69, 9.17) is 4.74 Å². The lowest BCUT2D eigenvalue weighted by Crippen LogP contribution is -2.62. The van der Waals surface area contributed by atoms with Gasteiger partial charge in [-0.1, -0.05) is 0 Å². The van der Waals surface area contributed by atoms with Crippen LogP contribution in [0.4, 0.5) is 4.79 Å². The lowest BCUT2D eigenvalue weighted by atomic mass is 9.90. The van der Waals surface area contributed by atoms with Crippen molar-refractivity contribution in [2.24, 2.45) is 0 Å². The van der Waals surface area contributed by atoms with E-state index in [-0.39, 0.29) is 6.03 Å². The van der Waals surface area contributed by atoms with Gasteiger partial charge in [-0.05, 0) is 7.05 Å². The fourth-order valence-corrected chi connectivity index (χ4v) is 2.41. The number of aliphatic carboxylic acids is 1. The third kappa shape index (κ3) is 3.16. The fourth-order valence-electron chi connectivity index (χ4n) is 2.41. The normalized spacial score (nSPS) is 23.9. The zero-order valence-electron chi connectivity index (χ0n) is 11.2. The number of rotatable bonds is 2. The van der Waals surface area contributed by atoms with Gasteiger partial charge in [0.25, 0.3) is 0 Å². The van der Waals surface area contributed by atoms with Crippen molar-refractivity contribution in [2.45, 2.75) is 18.4 Å². The minimum Gasteiger partial charge on any atom is -0.480 e. The molecule has 7 nitrogen and oxygen atoms in total. The zero-order valence-corrected chi connectivity index (χ0v) is 11.2. The summed E-state index contributed by atoms with van der Waals surface area (Å²) in [6, 6.07) is -0.280. The van der Waals surface area contributed by atoms with Crippen LogP contribution in [0.1, 0.15) is 12.8 Å². The maximum Gasteiger partial charge on any atom is 0.329 e. The molecule has 2 aliphatic heterocycles. The molecule has 0 aromatic rings. The SMILES string of the molecule is CN1CCN(C(=O)NC2(C(=O)O)CCOCC2)CC1. The number of nitrogens with zero attached hydrogens (tertiary/aromatic N) is 2. The minimum absolute atomic E-state index is 0.280. The molecule has 0 unspecified atom stereocenters. The molecule has 2 fully saturated rings. The first-order valence-corrected chi connectivity index (χ1v) is 6.60. The molecule has 0 atom stereocenters. The molecular formula is C12H21N3O4. The number of carbonyl (C=O) groups is 2. The van der Waals surface area contributed by atoms with Crippen molar-refractivity contribution >= 4 is 12.0 Å². The number of carboxylic acid groups (broad SMARTS) is 1. The number of ether oxygens (including phenoxy) is 1. The molecular weight excluding hydrogens is 250 g/mol. The molecule has 2 aliphatic rings. The molecule has 0 bridgehead atoms. The van der Waals surface area contributed by atoms with Gasteiger partial charge in [0.1, 0.15) is 5.54 Å². The lowest BCUT2D eigenvalue weighted by Gasteiger charge is -2.38. The van der Waals surface area contributed by atoms with Gasteiger partial charge in [0.2, 0.25) is 0 Å². The average molecular weight is 271 g/mol. The Balaban J connectivity index is 1.97. The molecule has 108 valence electrons. The first-order valence-electron chi connectivity index (χ1n) is 6.60. The molecule has 2 rings (SSSR count). The molecule has 0 aromatic carbocycles. The van der Waals surface area contributed by atoms with E-state index in [1.165, 1.54) is 0 Å². The van der Waals surface area contributed by atoms with E-state index >= 15 is 0 Å². The quantitative estimate of drug-likeness (QED) is 0.712. The Labute approximate surface area is 112 Å². The Bertz CT molecular complexity index is 347. The van der Waals surface area contributed by atoms with Crippen LogP contribution < -0.4 is 5.32 Å². The standard InChI is InChI=1S/C12H21N3O4/c1-14-4-6-15(7-5-14)11(18)13-12(10(16)17)2-8-19-9-3-12/h2-9H2,1H3,(H,13,18)(H,16,17). The summed E-state index contributed by atoms with van der Waals surface area (Å²) in [4.78, 5) is 27.4. The molecule has 2 amide bonds. The van der Waals surface area contributed by atoms with Gasteiger partial charge in [0.05, 0.1) is 0 Å². The van der Waals surface area contributed by atoms with Crippen LogP contribution in [0.3, 0.4) is 0 Å². The summed E-state index contributed by atoms with van der Waals surface area (Å²) < 4.78 is 5.18. The predicted molar refractivity (Wildman–Crippen MR) is 68.0 cm³/mol. The second-order valence-corrected chi connectivity index (χ2v) is 5.22. The second-order valence-electron chi connectivity index (χ2n) is 5.22. The number of amides is 2. The maximum atomic E-state index is 12.2. The Morgan fingerprint density at radius 2 is 1.74 bits per heavy atom. The van der Waals surface area contributed by atoms with Crippen molar-refractivity contribution in [3.63, 3.8) is 0 Å². The Kier molecular flexibility index (Phi) is 4.26. The number of carboxylic acids is 1. The molecule has 0 aliphatic carbocycles. The molecule has 2 N–H and O–H groups in total. The van der Waals surface area contributed by atoms with Crippen molar-refractivity contribution in [1.82, 2.24) is 15.1 Å². The van der Waals surface area contributed by atoms with Crippen molar-refractivity contribution in [1.29, 1.82) is 0 Å². The summed E-state index contributed by atoms with van der Waals surface area (Å²) in [5.74, 6) is -0.974. The molecule has 0 spiro atoms. The highest BCUT2D eigenvalue weighted by atomic mass is 16.5. The topological polar surface area (TPSA) is 82.1 Å². The van der Waals surface area contributed by atoms with E-state index in [1.807, 2.05) is 7.05 Å². The number of carbonyl (C=O) groups excluding carboxylic acids is 1. The van der Waals surface area contributed by atoms with Gasteiger partial charge in [0, 0.05) is 52.2 Å². The van der Waals surface area contributed by atoms with Crippen LogP contribution in [0, 0.1) is 0 Å². The summed E-state index contributed by atoms with van der Waals surface area (Å²) >= 11 is 0. The van der Waals surface area contributed by atoms with Gasteiger partial charge in [0.15, 0.2) is 0 Å². The maximum absolute atomic E-state index is 12.2. The molecule has 2 heterocycles. The van der Waals surface area contributed by atoms with Crippen LogP contribution in [-0.4, -0.2) is 78.9 Å². The van der Waals surface area contributed by atoms with Crippen LogP contribution in [0.5, 0.6) is 0 Å². The molecule has 19 heavy (non-hydrogen) atoms. The number of hydrogen-bond donors (Lipinski definition) is 2. The summed E-state index contributed by atoms with van der Waals surface area (Å²) in [5.41, 5.74) is -1.17. The molecule has 2 saturated heterocycles. The van der Waals surface area contributed by atoms with Gasteiger partial charge < -0.3 is 25.0 Å². The van der Waals surface area contributed by atoms with E-state index in [1.54, 1.807) is 4.90 Å². The molecule has 0 aromatic heterocycles. The van der Waals surface area contributed by atoms with Crippen molar-refractivity contribution in [2.75, 3.05) is 46.4 Å². The van der Waals surface area contributed by atoms with Gasteiger partial charge in [-0.25, -0.2) is 9.59 Å². The zero-order chi connectivity index (χ0) is 13.9. The van der Waals surface area contributed by atoms with Crippen LogP contribution in [0.2, 0.25) is 0 Å². The first-order chi connectivity index (χ1) is 9.03. The van der Waals surface area contributed by atoms with Gasteiger partial charge in [-0.3, -0.25) is 0 Å². The number of urea groups is 1. The number of piperazine rings is 1. The molecule has 0 saturated carbocycles. The number of nitrogens with one attached hydrogen (secondary N) is 1. The third-order valence-corrected chi connectivity index (χ3v) is 3.89. The van der Waals surface area contributed by atoms with E-state index < -0.39 is 11.5 Å². The largest absolute Gasteiger partial charge is 0.480 e. The third-order valence-electron chi connectivity index (χ3n) is 3.89. The van der Waals surface area contributed by atoms with E-state index in [2.05, 4.69) is 10.2 Å². The molecule has 7 heteroatoms. The summed E-state index contributed by atoms with van der Waals surface area (Å²) in [6.07, 6.45) is 0.642. The number of hydrogen-bond acceptors (Lipinski definition) is 4. The highest BCUT2D eigenvalue weighted by molar-refractivity contribution is 5.86. The second kappa shape index (κ2) is 5.75. The summed E-state index contributed by atoms with van der Waals surface area (Å²) in [7, 11) is 2.01. The van der Waals surface area contributed by atoms with Crippen molar-refractivity contribution in [3.8, 4) is 0 Å². The van der Waals surface area contributed by atoms with Gasteiger partial charge >= 0.3 is 12.0 Å². The van der Waals surface area contributed by atoms with Crippen molar-refractivity contribution in [3.05, 3.63) is 0 Å². The summed E-state index contributed by atoms with van der Waals surface area (Å²) in [6.45, 7) is 3.64. The van der Waals surface area contributed by atoms with Crippen LogP contribution in [0.25, 0.3) is 0 Å². The van der Waals surface area contributed by atoms with E-state index in [0.29, 0.717) is 39.1 Å². The van der Waals surface area contributed by atoms with Crippen molar-refractivity contribution < 1.29 is 19.4 Å². The monoisotopic (exact) mass is 271 g/mol. The smallest absolute Gasteiger partial charge is 0.329 e. The molecule has 0 radical (unpaired) electrons. The predicted octanol–water partition coefficient (Wildman–Crippen LogP) is -0.423. The minimum atomic E-state index is -1.17. The van der Waals surface area contributed by atoms with Crippen LogP contribution in [-0.2, 0) is 9.53 Å². The van der Waals surface area contributed by atoms with Gasteiger partial charge in [-0.2, -0.15) is 0 Å². The fraction of sp³-hybridized carbons (Fsp3) is 0.833. The van der Waals surface area contributed by atoms with Crippen LogP contribution in [0.15, 0.2) is 0 Å². The van der Waals surface area contributed by atoms with Crippen LogP contribution >= 0.6 is 0 Å². The van der Waals surface area contributed by atoms with Gasteiger partial charge in [-0.15, -0.1) is 0 Å². The Hall–Kier alpha value is -1.34. The average Bonchev–Trinajstić information content (AvgIpc) is 2.40. The Morgan fingerprint density at radius 1 is 1.16 bits per heavy atom. The highest BCUT2D eigenvalue weighted by Crippen LogP contribution is 2.21. The number of likely N-dealkylation sites (N-methyl/N-ethyl adjacent to an activating group) is 1. The van der Waals surface area contributed by atoms with E-state index in [0.717, 1.165) is 13.1 Å². The first kappa shape index (κ1) is 14.1. The highest BCUT2D eigenvalue weighted by Gasteiger charge is 2.42.